The topological polar surface area (TPSA) is 3.24 Å². The highest BCUT2D eigenvalue weighted by atomic mass is 15.0. The first-order chi connectivity index (χ1) is 6.82. The molecule has 0 aromatic heterocycles. The summed E-state index contributed by atoms with van der Waals surface area (Å²) in [7, 11) is 4.25. The average molecular weight is 205 g/mol. The number of aryl methyl sites for hydroxylation is 1. The molecule has 0 aliphatic rings. The van der Waals surface area contributed by atoms with Crippen molar-refractivity contribution < 1.29 is 0 Å². The lowest BCUT2D eigenvalue weighted by Gasteiger charge is -2.26. The van der Waals surface area contributed by atoms with Crippen LogP contribution in [0.3, 0.4) is 0 Å². The van der Waals surface area contributed by atoms with Gasteiger partial charge in [-0.2, -0.15) is 0 Å². The molecule has 0 unspecified atom stereocenters. The Kier molecular flexibility index (Phi) is 3.56. The molecule has 0 aliphatic carbocycles. The van der Waals surface area contributed by atoms with E-state index in [0.29, 0.717) is 0 Å². The maximum absolute atomic E-state index is 2.28. The minimum absolute atomic E-state index is 0.233. The molecule has 1 heteroatoms. The van der Waals surface area contributed by atoms with E-state index in [1.807, 2.05) is 0 Å². The Balaban J connectivity index is 3.21. The van der Waals surface area contributed by atoms with Gasteiger partial charge in [0, 0.05) is 6.54 Å². The number of rotatable bonds is 2. The summed E-state index contributed by atoms with van der Waals surface area (Å²) in [6, 6.07) is 6.62. The van der Waals surface area contributed by atoms with Gasteiger partial charge in [0.25, 0.3) is 0 Å². The highest BCUT2D eigenvalue weighted by Crippen LogP contribution is 2.28. The van der Waals surface area contributed by atoms with E-state index < -0.39 is 0 Å². The molecule has 0 saturated carbocycles. The lowest BCUT2D eigenvalue weighted by molar-refractivity contribution is 0.395. The Morgan fingerprint density at radius 3 is 2.20 bits per heavy atom. The van der Waals surface area contributed by atoms with Crippen molar-refractivity contribution in [3.8, 4) is 0 Å². The van der Waals surface area contributed by atoms with Crippen LogP contribution in [0.25, 0.3) is 0 Å². The van der Waals surface area contributed by atoms with Crippen LogP contribution in [0.4, 0.5) is 0 Å². The van der Waals surface area contributed by atoms with Crippen LogP contribution in [0.5, 0.6) is 0 Å². The van der Waals surface area contributed by atoms with E-state index in [1.165, 1.54) is 16.7 Å². The normalized spacial score (nSPS) is 12.2. The number of hydrogen-bond donors (Lipinski definition) is 0. The molecule has 0 N–H and O–H groups in total. The Hall–Kier alpha value is -0.820. The summed E-state index contributed by atoms with van der Waals surface area (Å²) in [6.07, 6.45) is 0. The van der Waals surface area contributed by atoms with Gasteiger partial charge in [0.1, 0.15) is 0 Å². The van der Waals surface area contributed by atoms with Crippen molar-refractivity contribution in [2.45, 2.75) is 39.7 Å². The third-order valence-electron chi connectivity index (χ3n) is 2.69. The zero-order valence-corrected chi connectivity index (χ0v) is 10.9. The van der Waals surface area contributed by atoms with E-state index in [1.54, 1.807) is 0 Å². The highest BCUT2D eigenvalue weighted by Gasteiger charge is 2.18. The van der Waals surface area contributed by atoms with Gasteiger partial charge < -0.3 is 4.90 Å². The Morgan fingerprint density at radius 1 is 1.13 bits per heavy atom. The van der Waals surface area contributed by atoms with Crippen LogP contribution < -0.4 is 0 Å². The molecule has 1 rings (SSSR count). The first-order valence-corrected chi connectivity index (χ1v) is 5.56. The highest BCUT2D eigenvalue weighted by molar-refractivity contribution is 5.38. The van der Waals surface area contributed by atoms with Gasteiger partial charge in [-0.15, -0.1) is 0 Å². The van der Waals surface area contributed by atoms with Crippen LogP contribution in [0.1, 0.15) is 37.5 Å². The number of benzene rings is 1. The second kappa shape index (κ2) is 4.36. The fourth-order valence-corrected chi connectivity index (χ4v) is 1.93. The predicted molar refractivity (Wildman–Crippen MR) is 67.3 cm³/mol. The van der Waals surface area contributed by atoms with E-state index >= 15 is 0 Å². The minimum atomic E-state index is 0.233. The summed E-state index contributed by atoms with van der Waals surface area (Å²) in [6.45, 7) is 10.1. The summed E-state index contributed by atoms with van der Waals surface area (Å²) in [5, 5.41) is 0. The van der Waals surface area contributed by atoms with Gasteiger partial charge in [-0.1, -0.05) is 39.0 Å². The second-order valence-electron chi connectivity index (χ2n) is 5.59. The van der Waals surface area contributed by atoms with Crippen LogP contribution in [0, 0.1) is 6.92 Å². The van der Waals surface area contributed by atoms with Gasteiger partial charge in [-0.05, 0) is 43.1 Å². The number of nitrogens with zero attached hydrogens (tertiary/aromatic N) is 1. The number of hydrogen-bond acceptors (Lipinski definition) is 1. The molecule has 0 heterocycles. The molecule has 84 valence electrons. The largest absolute Gasteiger partial charge is 0.305 e. The molecule has 0 aliphatic heterocycles. The molecule has 0 saturated heterocycles. The van der Waals surface area contributed by atoms with Crippen LogP contribution in [-0.2, 0) is 12.0 Å². The molecular formula is C14H23N. The first kappa shape index (κ1) is 12.3. The zero-order valence-electron chi connectivity index (χ0n) is 10.9. The molecule has 1 nitrogen and oxygen atoms in total. The van der Waals surface area contributed by atoms with E-state index in [4.69, 9.17) is 0 Å². The van der Waals surface area contributed by atoms with Crippen molar-refractivity contribution >= 4 is 0 Å². The molecule has 15 heavy (non-hydrogen) atoms. The van der Waals surface area contributed by atoms with Crippen LogP contribution in [0.2, 0.25) is 0 Å². The van der Waals surface area contributed by atoms with Crippen molar-refractivity contribution in [3.05, 3.63) is 34.9 Å². The second-order valence-corrected chi connectivity index (χ2v) is 5.59. The molecule has 0 spiro atoms. The van der Waals surface area contributed by atoms with Crippen molar-refractivity contribution in [1.82, 2.24) is 4.90 Å². The fraction of sp³-hybridized carbons (Fsp3) is 0.571. The van der Waals surface area contributed by atoms with Crippen molar-refractivity contribution in [3.63, 3.8) is 0 Å². The van der Waals surface area contributed by atoms with E-state index in [0.717, 1.165) is 6.54 Å². The van der Waals surface area contributed by atoms with Gasteiger partial charge >= 0.3 is 0 Å². The van der Waals surface area contributed by atoms with Crippen LogP contribution in [-0.4, -0.2) is 19.0 Å². The monoisotopic (exact) mass is 205 g/mol. The van der Waals surface area contributed by atoms with E-state index in [2.05, 4.69) is 64.9 Å². The minimum Gasteiger partial charge on any atom is -0.305 e. The van der Waals surface area contributed by atoms with Crippen LogP contribution >= 0.6 is 0 Å². The van der Waals surface area contributed by atoms with Crippen molar-refractivity contribution in [2.75, 3.05) is 14.1 Å². The van der Waals surface area contributed by atoms with E-state index in [9.17, 15) is 0 Å². The van der Waals surface area contributed by atoms with E-state index in [-0.39, 0.29) is 5.41 Å². The summed E-state index contributed by atoms with van der Waals surface area (Å²) >= 11 is 0. The summed E-state index contributed by atoms with van der Waals surface area (Å²) < 4.78 is 0. The summed E-state index contributed by atoms with van der Waals surface area (Å²) in [5.74, 6) is 0. The van der Waals surface area contributed by atoms with Gasteiger partial charge in [0.15, 0.2) is 0 Å². The molecule has 0 bridgehead atoms. The van der Waals surface area contributed by atoms with Gasteiger partial charge in [0.05, 0.1) is 0 Å². The lowest BCUT2D eigenvalue weighted by Crippen LogP contribution is -2.19. The van der Waals surface area contributed by atoms with Gasteiger partial charge in [-0.25, -0.2) is 0 Å². The SMILES string of the molecule is Cc1cccc(C(C)(C)C)c1CN(C)C. The van der Waals surface area contributed by atoms with Crippen LogP contribution in [0.15, 0.2) is 18.2 Å². The van der Waals surface area contributed by atoms with Gasteiger partial charge in [-0.3, -0.25) is 0 Å². The molecule has 1 aromatic carbocycles. The molecule has 0 radical (unpaired) electrons. The third kappa shape index (κ3) is 3.07. The lowest BCUT2D eigenvalue weighted by atomic mass is 9.82. The molecule has 1 aromatic rings. The maximum Gasteiger partial charge on any atom is 0.0233 e. The summed E-state index contributed by atoms with van der Waals surface area (Å²) in [5.41, 5.74) is 4.58. The molecule has 0 fully saturated rings. The fourth-order valence-electron chi connectivity index (χ4n) is 1.93. The Morgan fingerprint density at radius 2 is 1.73 bits per heavy atom. The Bertz CT molecular complexity index is 332. The standard InChI is InChI=1S/C14H23N/c1-11-8-7-9-13(14(2,3)4)12(11)10-15(5)6/h7-9H,10H2,1-6H3. The smallest absolute Gasteiger partial charge is 0.0233 e. The van der Waals surface area contributed by atoms with Gasteiger partial charge in [0.2, 0.25) is 0 Å². The molecule has 0 amide bonds. The van der Waals surface area contributed by atoms with Crippen molar-refractivity contribution in [1.29, 1.82) is 0 Å². The van der Waals surface area contributed by atoms with Crippen molar-refractivity contribution in [2.24, 2.45) is 0 Å². The quantitative estimate of drug-likeness (QED) is 0.715. The average Bonchev–Trinajstić information content (AvgIpc) is 2.05. The Labute approximate surface area is 94.1 Å². The summed E-state index contributed by atoms with van der Waals surface area (Å²) in [4.78, 5) is 2.23. The predicted octanol–water partition coefficient (Wildman–Crippen LogP) is 3.35. The molecular weight excluding hydrogens is 182 g/mol. The third-order valence-corrected chi connectivity index (χ3v) is 2.69. The molecule has 0 atom stereocenters. The zero-order chi connectivity index (χ0) is 11.6. The first-order valence-electron chi connectivity index (χ1n) is 5.56. The maximum atomic E-state index is 2.28.